The summed E-state index contributed by atoms with van der Waals surface area (Å²) >= 11 is 0. The minimum Gasteiger partial charge on any atom is -0.324 e. The molecule has 0 saturated carbocycles. The first-order chi connectivity index (χ1) is 10.1. The molecule has 0 aliphatic heterocycles. The van der Waals surface area contributed by atoms with Crippen LogP contribution in [0.5, 0.6) is 0 Å². The number of nitrogens with one attached hydrogen (secondary N) is 1. The summed E-state index contributed by atoms with van der Waals surface area (Å²) < 4.78 is 22.5. The molecule has 0 spiro atoms. The zero-order valence-corrected chi connectivity index (χ0v) is 14.2. The van der Waals surface area contributed by atoms with Gasteiger partial charge in [-0.05, 0) is 24.8 Å². The van der Waals surface area contributed by atoms with Crippen LogP contribution in [-0.2, 0) is 15.7 Å². The van der Waals surface area contributed by atoms with Crippen molar-refractivity contribution in [1.29, 1.82) is 0 Å². The molecule has 0 aliphatic carbocycles. The number of hydrogen-bond acceptors (Lipinski definition) is 3. The largest absolute Gasteiger partial charge is 0.340 e. The van der Waals surface area contributed by atoms with Gasteiger partial charge in [0.05, 0.1) is 0 Å². The Kier molecular flexibility index (Phi) is 7.42. The van der Waals surface area contributed by atoms with Gasteiger partial charge in [0.1, 0.15) is 0 Å². The third-order valence-corrected chi connectivity index (χ3v) is 7.35. The average Bonchev–Trinajstić information content (AvgIpc) is 2.40. The van der Waals surface area contributed by atoms with Crippen LogP contribution in [0.3, 0.4) is 0 Å². The van der Waals surface area contributed by atoms with Gasteiger partial charge in [-0.3, -0.25) is 9.13 Å². The average molecular weight is 351 g/mol. The second kappa shape index (κ2) is 8.37. The molecule has 1 unspecified atom stereocenters. The lowest BCUT2D eigenvalue weighted by molar-refractivity contribution is 0.330. The minimum atomic E-state index is -4.83. The van der Waals surface area contributed by atoms with Crippen LogP contribution in [0.25, 0.3) is 0 Å². The first-order valence-electron chi connectivity index (χ1n) is 7.02. The minimum absolute atomic E-state index is 0.0687. The Morgan fingerprint density at radius 1 is 1.00 bits per heavy atom. The third-order valence-electron chi connectivity index (χ3n) is 3.48. The molecule has 0 bridgehead atoms. The SMILES string of the molecule is CCC(CCC(P(=O)(O)O)P(=O)(O)O)NCc1ccccc1. The van der Waals surface area contributed by atoms with Crippen molar-refractivity contribution < 1.29 is 28.7 Å². The summed E-state index contributed by atoms with van der Waals surface area (Å²) in [6.07, 6.45) is 0.751. The Morgan fingerprint density at radius 2 is 1.55 bits per heavy atom. The van der Waals surface area contributed by atoms with E-state index in [4.69, 9.17) is 19.6 Å². The topological polar surface area (TPSA) is 127 Å². The molecule has 1 aromatic carbocycles. The maximum absolute atomic E-state index is 11.2. The first kappa shape index (κ1) is 19.5. The van der Waals surface area contributed by atoms with Gasteiger partial charge in [-0.15, -0.1) is 0 Å². The van der Waals surface area contributed by atoms with Crippen molar-refractivity contribution in [1.82, 2.24) is 5.32 Å². The summed E-state index contributed by atoms with van der Waals surface area (Å²) in [5, 5.41) is 1.31. The van der Waals surface area contributed by atoms with E-state index in [1.165, 1.54) is 0 Å². The molecule has 9 heteroatoms. The molecule has 1 atom stereocenters. The monoisotopic (exact) mass is 351 g/mol. The molecule has 5 N–H and O–H groups in total. The van der Waals surface area contributed by atoms with Gasteiger partial charge >= 0.3 is 15.2 Å². The van der Waals surface area contributed by atoms with Gasteiger partial charge in [0, 0.05) is 12.6 Å². The molecule has 0 heterocycles. The molecule has 1 aromatic rings. The van der Waals surface area contributed by atoms with Crippen molar-refractivity contribution in [2.24, 2.45) is 0 Å². The smallest absolute Gasteiger partial charge is 0.324 e. The van der Waals surface area contributed by atoms with E-state index in [9.17, 15) is 9.13 Å². The highest BCUT2D eigenvalue weighted by atomic mass is 31.2. The van der Waals surface area contributed by atoms with Gasteiger partial charge in [-0.25, -0.2) is 0 Å². The molecule has 0 radical (unpaired) electrons. The summed E-state index contributed by atoms with van der Waals surface area (Å²) in [7, 11) is -9.66. The van der Waals surface area contributed by atoms with Crippen LogP contribution in [-0.4, -0.2) is 31.0 Å². The summed E-state index contributed by atoms with van der Waals surface area (Å²) in [5.41, 5.74) is 1.07. The van der Waals surface area contributed by atoms with Gasteiger partial charge in [-0.2, -0.15) is 0 Å². The van der Waals surface area contributed by atoms with E-state index < -0.39 is 20.6 Å². The second-order valence-electron chi connectivity index (χ2n) is 5.21. The van der Waals surface area contributed by atoms with Gasteiger partial charge in [0.15, 0.2) is 5.40 Å². The van der Waals surface area contributed by atoms with Crippen LogP contribution >= 0.6 is 15.2 Å². The van der Waals surface area contributed by atoms with E-state index in [-0.39, 0.29) is 18.9 Å². The van der Waals surface area contributed by atoms with E-state index in [1.54, 1.807) is 0 Å². The lowest BCUT2D eigenvalue weighted by atomic mass is 10.1. The van der Waals surface area contributed by atoms with Crippen LogP contribution in [0, 0.1) is 0 Å². The van der Waals surface area contributed by atoms with E-state index in [1.807, 2.05) is 37.3 Å². The van der Waals surface area contributed by atoms with Crippen LogP contribution in [0.2, 0.25) is 0 Å². The summed E-state index contributed by atoms with van der Waals surface area (Å²) in [4.78, 5) is 36.4. The summed E-state index contributed by atoms with van der Waals surface area (Å²) in [6.45, 7) is 2.50. The van der Waals surface area contributed by atoms with E-state index in [0.717, 1.165) is 5.56 Å². The zero-order chi connectivity index (χ0) is 16.8. The maximum Gasteiger partial charge on any atom is 0.340 e. The highest BCUT2D eigenvalue weighted by molar-refractivity contribution is 7.70. The molecule has 0 fully saturated rings. The van der Waals surface area contributed by atoms with Crippen LogP contribution in [0.1, 0.15) is 31.7 Å². The van der Waals surface area contributed by atoms with E-state index >= 15 is 0 Å². The third kappa shape index (κ3) is 6.71. The highest BCUT2D eigenvalue weighted by Gasteiger charge is 2.42. The fraction of sp³-hybridized carbons (Fsp3) is 0.538. The Morgan fingerprint density at radius 3 is 2.00 bits per heavy atom. The number of rotatable bonds is 9. The molecule has 0 amide bonds. The van der Waals surface area contributed by atoms with Crippen molar-refractivity contribution >= 4 is 15.2 Å². The standard InChI is InChI=1S/C13H23NO6P2/c1-2-12(14-10-11-6-4-3-5-7-11)8-9-13(21(15,16)17)22(18,19)20/h3-7,12-14H,2,8-10H2,1H3,(H2,15,16,17)(H2,18,19,20). The normalized spacial score (nSPS) is 14.3. The Hall–Kier alpha value is -0.520. The fourth-order valence-electron chi connectivity index (χ4n) is 2.19. The Bertz CT molecular complexity index is 519. The number of hydrogen-bond donors (Lipinski definition) is 5. The molecule has 22 heavy (non-hydrogen) atoms. The molecule has 0 aliphatic rings. The van der Waals surface area contributed by atoms with Gasteiger partial charge in [-0.1, -0.05) is 37.3 Å². The number of benzene rings is 1. The lowest BCUT2D eigenvalue weighted by Gasteiger charge is -2.23. The van der Waals surface area contributed by atoms with Crippen molar-refractivity contribution in [2.45, 2.75) is 44.2 Å². The van der Waals surface area contributed by atoms with E-state index in [2.05, 4.69) is 5.32 Å². The molecular formula is C13H23NO6P2. The fourth-order valence-corrected chi connectivity index (χ4v) is 4.73. The Balaban J connectivity index is 2.58. The molecule has 0 saturated heterocycles. The summed E-state index contributed by atoms with van der Waals surface area (Å²) in [5.74, 6) is 0. The van der Waals surface area contributed by atoms with Gasteiger partial charge in [0.2, 0.25) is 0 Å². The molecule has 1 rings (SSSR count). The van der Waals surface area contributed by atoms with Gasteiger partial charge < -0.3 is 24.9 Å². The predicted molar refractivity (Wildman–Crippen MR) is 84.5 cm³/mol. The van der Waals surface area contributed by atoms with Crippen LogP contribution in [0.15, 0.2) is 30.3 Å². The molecule has 126 valence electrons. The van der Waals surface area contributed by atoms with Crippen molar-refractivity contribution in [3.05, 3.63) is 35.9 Å². The van der Waals surface area contributed by atoms with Crippen molar-refractivity contribution in [3.63, 3.8) is 0 Å². The maximum atomic E-state index is 11.2. The molecular weight excluding hydrogens is 328 g/mol. The predicted octanol–water partition coefficient (Wildman–Crippen LogP) is 2.02. The van der Waals surface area contributed by atoms with E-state index in [0.29, 0.717) is 13.0 Å². The van der Waals surface area contributed by atoms with Crippen LogP contribution < -0.4 is 5.32 Å². The zero-order valence-electron chi connectivity index (χ0n) is 12.4. The lowest BCUT2D eigenvalue weighted by Crippen LogP contribution is -2.29. The van der Waals surface area contributed by atoms with Gasteiger partial charge in [0.25, 0.3) is 0 Å². The summed E-state index contributed by atoms with van der Waals surface area (Å²) in [6, 6.07) is 9.57. The van der Waals surface area contributed by atoms with Crippen LogP contribution in [0.4, 0.5) is 0 Å². The molecule has 7 nitrogen and oxygen atoms in total. The van der Waals surface area contributed by atoms with Crippen molar-refractivity contribution in [3.8, 4) is 0 Å². The first-order valence-corrected chi connectivity index (χ1v) is 10.4. The highest BCUT2D eigenvalue weighted by Crippen LogP contribution is 2.61. The Labute approximate surface area is 130 Å². The molecule has 0 aromatic heterocycles. The second-order valence-corrected chi connectivity index (χ2v) is 9.22. The quantitative estimate of drug-likeness (QED) is 0.431. The van der Waals surface area contributed by atoms with Crippen molar-refractivity contribution in [2.75, 3.05) is 0 Å².